The van der Waals surface area contributed by atoms with Crippen molar-refractivity contribution in [2.24, 2.45) is 0 Å². The number of amides is 1. The number of carboxylic acids is 1. The van der Waals surface area contributed by atoms with Crippen molar-refractivity contribution in [3.05, 3.63) is 39.4 Å². The molecule has 0 aliphatic rings. The van der Waals surface area contributed by atoms with Crippen LogP contribution in [-0.2, 0) is 4.79 Å². The summed E-state index contributed by atoms with van der Waals surface area (Å²) in [5.41, 5.74) is 0.556. The molecule has 0 saturated carbocycles. The lowest BCUT2D eigenvalue weighted by atomic mass is 9.99. The highest BCUT2D eigenvalue weighted by atomic mass is 16.6. The van der Waals surface area contributed by atoms with Gasteiger partial charge >= 0.3 is 5.97 Å². The minimum atomic E-state index is -1.12. The second-order valence-electron chi connectivity index (χ2n) is 5.31. The van der Waals surface area contributed by atoms with E-state index < -0.39 is 23.3 Å². The summed E-state index contributed by atoms with van der Waals surface area (Å²) in [4.78, 5) is 35.0. The number of aliphatic carboxylic acids is 1. The van der Waals surface area contributed by atoms with Crippen LogP contribution >= 0.6 is 0 Å². The molecule has 22 heavy (non-hydrogen) atoms. The maximum Gasteiger partial charge on any atom is 0.323 e. The summed E-state index contributed by atoms with van der Waals surface area (Å²) < 4.78 is 0. The molecule has 7 heteroatoms. The first-order chi connectivity index (χ1) is 10.3. The van der Waals surface area contributed by atoms with Crippen molar-refractivity contribution >= 4 is 17.6 Å². The van der Waals surface area contributed by atoms with Crippen LogP contribution < -0.4 is 0 Å². The van der Waals surface area contributed by atoms with Crippen LogP contribution in [0, 0.1) is 10.1 Å². The predicted octanol–water partition coefficient (Wildman–Crippen LogP) is 2.66. The molecule has 0 aromatic heterocycles. The Morgan fingerprint density at radius 2 is 2.00 bits per heavy atom. The number of hydrogen-bond donors (Lipinski definition) is 1. The van der Waals surface area contributed by atoms with Crippen molar-refractivity contribution < 1.29 is 19.6 Å². The molecule has 0 heterocycles. The maximum atomic E-state index is 12.4. The number of nitro benzene ring substituents is 1. The van der Waals surface area contributed by atoms with E-state index in [0.717, 1.165) is 0 Å². The summed E-state index contributed by atoms with van der Waals surface area (Å²) in [6.07, 6.45) is 0.602. The van der Waals surface area contributed by atoms with Crippen LogP contribution in [0.4, 0.5) is 5.69 Å². The quantitative estimate of drug-likeness (QED) is 0.616. The van der Waals surface area contributed by atoms with Crippen molar-refractivity contribution in [2.45, 2.75) is 33.1 Å². The molecule has 1 aromatic carbocycles. The molecule has 0 spiro atoms. The Hall–Kier alpha value is -2.44. The van der Waals surface area contributed by atoms with Crippen LogP contribution in [0.15, 0.2) is 18.2 Å². The third-order valence-corrected chi connectivity index (χ3v) is 3.20. The molecule has 1 rings (SSSR count). The molecule has 1 amide bonds. The van der Waals surface area contributed by atoms with Gasteiger partial charge < -0.3 is 10.0 Å². The van der Waals surface area contributed by atoms with Gasteiger partial charge in [-0.3, -0.25) is 19.7 Å². The zero-order chi connectivity index (χ0) is 16.9. The Bertz CT molecular complexity index is 583. The SMILES string of the molecule is CCCN(CC(=O)O)C(=O)c1ccc(C(C)C)c([N+](=O)[O-])c1. The number of carbonyl (C=O) groups is 2. The lowest BCUT2D eigenvalue weighted by Gasteiger charge is -2.20. The molecule has 0 bridgehead atoms. The summed E-state index contributed by atoms with van der Waals surface area (Å²) in [6, 6.07) is 4.29. The van der Waals surface area contributed by atoms with Gasteiger partial charge in [0, 0.05) is 23.7 Å². The highest BCUT2D eigenvalue weighted by Gasteiger charge is 2.23. The fourth-order valence-electron chi connectivity index (χ4n) is 2.19. The Labute approximate surface area is 128 Å². The number of benzene rings is 1. The van der Waals surface area contributed by atoms with E-state index in [4.69, 9.17) is 5.11 Å². The molecule has 0 saturated heterocycles. The summed E-state index contributed by atoms with van der Waals surface area (Å²) in [6.45, 7) is 5.35. The third-order valence-electron chi connectivity index (χ3n) is 3.20. The molecule has 1 aromatic rings. The topological polar surface area (TPSA) is 101 Å². The number of carbonyl (C=O) groups excluding carboxylic acids is 1. The van der Waals surface area contributed by atoms with Crippen molar-refractivity contribution in [1.82, 2.24) is 4.90 Å². The zero-order valence-corrected chi connectivity index (χ0v) is 12.9. The van der Waals surface area contributed by atoms with Gasteiger partial charge in [-0.25, -0.2) is 0 Å². The zero-order valence-electron chi connectivity index (χ0n) is 12.9. The molecule has 0 aliphatic carbocycles. The first-order valence-electron chi connectivity index (χ1n) is 7.07. The van der Waals surface area contributed by atoms with Gasteiger partial charge in [-0.1, -0.05) is 26.8 Å². The Morgan fingerprint density at radius 3 is 2.45 bits per heavy atom. The summed E-state index contributed by atoms with van der Waals surface area (Å²) in [5, 5.41) is 20.0. The van der Waals surface area contributed by atoms with Crippen molar-refractivity contribution in [3.63, 3.8) is 0 Å². The highest BCUT2D eigenvalue weighted by molar-refractivity contribution is 5.96. The van der Waals surface area contributed by atoms with Crippen LogP contribution in [0.2, 0.25) is 0 Å². The summed E-state index contributed by atoms with van der Waals surface area (Å²) in [5.74, 6) is -1.67. The van der Waals surface area contributed by atoms with Gasteiger partial charge in [0.25, 0.3) is 11.6 Å². The molecule has 7 nitrogen and oxygen atoms in total. The van der Waals surface area contributed by atoms with Crippen LogP contribution in [0.1, 0.15) is 49.0 Å². The normalized spacial score (nSPS) is 10.5. The molecule has 1 N–H and O–H groups in total. The third kappa shape index (κ3) is 4.28. The standard InChI is InChI=1S/C15H20N2O5/c1-4-7-16(9-14(18)19)15(20)11-5-6-12(10(2)3)13(8-11)17(21)22/h5-6,8,10H,4,7,9H2,1-3H3,(H,18,19). The first-order valence-corrected chi connectivity index (χ1v) is 7.07. The molecular formula is C15H20N2O5. The summed E-state index contributed by atoms with van der Waals surface area (Å²) >= 11 is 0. The molecule has 0 fully saturated rings. The average Bonchev–Trinajstić information content (AvgIpc) is 2.44. The van der Waals surface area contributed by atoms with E-state index >= 15 is 0 Å². The van der Waals surface area contributed by atoms with Gasteiger partial charge in [0.1, 0.15) is 6.54 Å². The van der Waals surface area contributed by atoms with Crippen molar-refractivity contribution in [2.75, 3.05) is 13.1 Å². The van der Waals surface area contributed by atoms with Gasteiger partial charge in [-0.15, -0.1) is 0 Å². The molecule has 0 radical (unpaired) electrons. The lowest BCUT2D eigenvalue weighted by Crippen LogP contribution is -2.36. The average molecular weight is 308 g/mol. The van der Waals surface area contributed by atoms with E-state index in [9.17, 15) is 19.7 Å². The van der Waals surface area contributed by atoms with Crippen LogP contribution in [0.25, 0.3) is 0 Å². The van der Waals surface area contributed by atoms with Crippen LogP contribution in [0.5, 0.6) is 0 Å². The van der Waals surface area contributed by atoms with Gasteiger partial charge in [0.2, 0.25) is 0 Å². The maximum absolute atomic E-state index is 12.4. The molecule has 0 aliphatic heterocycles. The monoisotopic (exact) mass is 308 g/mol. The Balaban J connectivity index is 3.19. The highest BCUT2D eigenvalue weighted by Crippen LogP contribution is 2.27. The minimum absolute atomic E-state index is 0.0460. The van der Waals surface area contributed by atoms with Crippen molar-refractivity contribution in [1.29, 1.82) is 0 Å². The molecule has 0 atom stereocenters. The Kier molecular flexibility index (Phi) is 6.03. The molecule has 0 unspecified atom stereocenters. The van der Waals surface area contributed by atoms with Crippen molar-refractivity contribution in [3.8, 4) is 0 Å². The van der Waals surface area contributed by atoms with E-state index in [2.05, 4.69) is 0 Å². The number of carboxylic acid groups (broad SMARTS) is 1. The van der Waals surface area contributed by atoms with Gasteiger partial charge in [0.05, 0.1) is 4.92 Å². The second kappa shape index (κ2) is 7.53. The fraction of sp³-hybridized carbons (Fsp3) is 0.467. The Morgan fingerprint density at radius 1 is 1.36 bits per heavy atom. The number of nitrogens with zero attached hydrogens (tertiary/aromatic N) is 2. The molecule has 120 valence electrons. The lowest BCUT2D eigenvalue weighted by molar-refractivity contribution is -0.385. The fourth-order valence-corrected chi connectivity index (χ4v) is 2.19. The number of hydrogen-bond acceptors (Lipinski definition) is 4. The van der Waals surface area contributed by atoms with Gasteiger partial charge in [-0.2, -0.15) is 0 Å². The van der Waals surface area contributed by atoms with Gasteiger partial charge in [0.15, 0.2) is 0 Å². The summed E-state index contributed by atoms with van der Waals surface area (Å²) in [7, 11) is 0. The second-order valence-corrected chi connectivity index (χ2v) is 5.31. The number of rotatable bonds is 7. The number of nitro groups is 1. The van der Waals surface area contributed by atoms with Crippen LogP contribution in [-0.4, -0.2) is 39.9 Å². The smallest absolute Gasteiger partial charge is 0.323 e. The van der Waals surface area contributed by atoms with E-state index in [1.54, 1.807) is 6.07 Å². The van der Waals surface area contributed by atoms with E-state index in [-0.39, 0.29) is 23.7 Å². The van der Waals surface area contributed by atoms with E-state index in [1.807, 2.05) is 20.8 Å². The predicted molar refractivity (Wildman–Crippen MR) is 81.0 cm³/mol. The minimum Gasteiger partial charge on any atom is -0.480 e. The van der Waals surface area contributed by atoms with Crippen LogP contribution in [0.3, 0.4) is 0 Å². The van der Waals surface area contributed by atoms with Gasteiger partial charge in [-0.05, 0) is 18.4 Å². The van der Waals surface area contributed by atoms with E-state index in [1.165, 1.54) is 17.0 Å². The molecular weight excluding hydrogens is 288 g/mol. The largest absolute Gasteiger partial charge is 0.480 e. The van der Waals surface area contributed by atoms with E-state index in [0.29, 0.717) is 12.0 Å². The first kappa shape index (κ1) is 17.6.